The first kappa shape index (κ1) is 47.8. The van der Waals surface area contributed by atoms with Crippen LogP contribution in [-0.2, 0) is 35.1 Å². The molecule has 0 aliphatic carbocycles. The summed E-state index contributed by atoms with van der Waals surface area (Å²) in [6.07, 6.45) is 0. The van der Waals surface area contributed by atoms with Gasteiger partial charge in [-0.3, -0.25) is 9.69 Å². The van der Waals surface area contributed by atoms with Gasteiger partial charge in [0.05, 0.1) is 23.0 Å². The first-order chi connectivity index (χ1) is 22.6. The third-order valence-corrected chi connectivity index (χ3v) is 8.37. The van der Waals surface area contributed by atoms with Gasteiger partial charge in [0, 0.05) is 71.7 Å². The Morgan fingerprint density at radius 1 is 0.600 bits per heavy atom. The number of rotatable bonds is 3. The molecule has 0 aromatic heterocycles. The van der Waals surface area contributed by atoms with Crippen LogP contribution in [0.25, 0.3) is 0 Å². The van der Waals surface area contributed by atoms with Crippen molar-refractivity contribution in [3.05, 3.63) is 71.8 Å². The maximum absolute atomic E-state index is 14.7. The molecule has 2 aromatic carbocycles. The van der Waals surface area contributed by atoms with E-state index in [1.54, 1.807) is 12.1 Å². The zero-order valence-electron chi connectivity index (χ0n) is 29.3. The van der Waals surface area contributed by atoms with Crippen LogP contribution in [0.2, 0.25) is 0 Å². The minimum Gasteiger partial charge on any atom is -0.304 e. The van der Waals surface area contributed by atoms with E-state index >= 15 is 0 Å². The molecule has 0 saturated carbocycles. The summed E-state index contributed by atoms with van der Waals surface area (Å²) in [7, 11) is -3.23. The fraction of sp³-hybridized carbons (Fsp3) is 0.531. The number of carbonyl (C=O) groups excluding carboxylic acids is 1. The summed E-state index contributed by atoms with van der Waals surface area (Å²) < 4.78 is 67.9. The SMILES string of the molecule is CC#N.CC#N.CN1CCN(C)CC(C)(N2C[C@@]3(c4ccccc4)CN(C)C[C@@](c4ccccc4)(C2)C3=O)C1.[O-][Cl+3]([O-])([O-])[O-].[O-][Cl+3]([O-])([O-])[O-].[Zn+2]. The minimum absolute atomic E-state index is 0. The molecule has 2 atom stereocenters. The van der Waals surface area contributed by atoms with Gasteiger partial charge in [-0.2, -0.15) is 10.5 Å². The number of piperidine rings is 2. The number of likely N-dealkylation sites (N-methyl/N-ethyl adjacent to an activating group) is 3. The molecule has 0 spiro atoms. The zero-order chi connectivity index (χ0) is 37.7. The summed E-state index contributed by atoms with van der Waals surface area (Å²) in [6.45, 7) is 12.5. The number of nitrogens with zero attached hydrogens (tertiary/aromatic N) is 6. The molecule has 0 radical (unpaired) electrons. The normalized spacial score (nSPS) is 23.8. The Kier molecular flexibility index (Phi) is 19.8. The quantitative estimate of drug-likeness (QED) is 0.262. The van der Waals surface area contributed by atoms with E-state index in [0.29, 0.717) is 5.78 Å². The minimum atomic E-state index is -4.94. The summed E-state index contributed by atoms with van der Waals surface area (Å²) in [5, 5.41) is 14.6. The van der Waals surface area contributed by atoms with Gasteiger partial charge < -0.3 is 14.7 Å². The maximum Gasteiger partial charge on any atom is 2.00 e. The third-order valence-electron chi connectivity index (χ3n) is 8.37. The second-order valence-electron chi connectivity index (χ2n) is 12.4. The Hall–Kier alpha value is -2.19. The van der Waals surface area contributed by atoms with E-state index in [-0.39, 0.29) is 25.0 Å². The number of Topliss-reactive ketones (excluding diaryl/α,β-unsaturated/α-hetero) is 1. The number of nitriles is 2. The topological polar surface area (TPSA) is 262 Å². The molecule has 272 valence electrons. The average Bonchev–Trinajstić information content (AvgIpc) is 3.10. The van der Waals surface area contributed by atoms with Crippen molar-refractivity contribution in [2.75, 3.05) is 73.5 Å². The number of fused-ring (bicyclic) bond motifs is 2. The van der Waals surface area contributed by atoms with E-state index in [1.807, 2.05) is 0 Å². The van der Waals surface area contributed by atoms with Gasteiger partial charge in [0.1, 0.15) is 0 Å². The van der Waals surface area contributed by atoms with Crippen molar-refractivity contribution in [2.24, 2.45) is 0 Å². The van der Waals surface area contributed by atoms with Gasteiger partial charge >= 0.3 is 19.5 Å². The second kappa shape index (κ2) is 20.7. The summed E-state index contributed by atoms with van der Waals surface area (Å²) in [6, 6.07) is 24.6. The molecule has 18 heteroatoms. The van der Waals surface area contributed by atoms with Crippen molar-refractivity contribution < 1.29 is 82.0 Å². The van der Waals surface area contributed by atoms with Crippen molar-refractivity contribution >= 4 is 5.78 Å². The molecular weight excluding hydrogens is 749 g/mol. The molecule has 3 fully saturated rings. The number of hydrogen-bond acceptors (Lipinski definition) is 15. The van der Waals surface area contributed by atoms with Crippen molar-refractivity contribution in [2.45, 2.75) is 37.1 Å². The van der Waals surface area contributed by atoms with Crippen LogP contribution in [0.15, 0.2) is 60.7 Å². The Morgan fingerprint density at radius 2 is 0.880 bits per heavy atom. The number of benzene rings is 2. The van der Waals surface area contributed by atoms with E-state index < -0.39 is 31.3 Å². The second-order valence-corrected chi connectivity index (χ2v) is 13.9. The molecule has 5 rings (SSSR count). The van der Waals surface area contributed by atoms with Crippen LogP contribution in [0.5, 0.6) is 0 Å². The van der Waals surface area contributed by atoms with E-state index in [4.69, 9.17) is 47.8 Å². The van der Waals surface area contributed by atoms with Gasteiger partial charge in [0.15, 0.2) is 5.78 Å². The maximum atomic E-state index is 14.7. The molecule has 0 unspecified atom stereocenters. The van der Waals surface area contributed by atoms with Crippen LogP contribution >= 0.6 is 0 Å². The molecule has 15 nitrogen and oxygen atoms in total. The molecule has 50 heavy (non-hydrogen) atoms. The van der Waals surface area contributed by atoms with Crippen molar-refractivity contribution in [3.63, 3.8) is 0 Å². The Morgan fingerprint density at radius 3 is 1.16 bits per heavy atom. The smallest absolute Gasteiger partial charge is 0.304 e. The predicted octanol–water partition coefficient (Wildman–Crippen LogP) is -6.13. The summed E-state index contributed by atoms with van der Waals surface area (Å²) in [5.41, 5.74) is 1.22. The number of carbonyl (C=O) groups is 1. The van der Waals surface area contributed by atoms with Crippen LogP contribution in [0.1, 0.15) is 31.9 Å². The first-order valence-corrected chi connectivity index (χ1v) is 17.4. The molecule has 0 amide bonds. The van der Waals surface area contributed by atoms with Gasteiger partial charge in [0.2, 0.25) is 0 Å². The third kappa shape index (κ3) is 14.8. The molecule has 0 N–H and O–H groups in total. The molecule has 3 aliphatic rings. The van der Waals surface area contributed by atoms with Crippen molar-refractivity contribution in [1.29, 1.82) is 10.5 Å². The predicted molar refractivity (Wildman–Crippen MR) is 156 cm³/mol. The van der Waals surface area contributed by atoms with E-state index in [9.17, 15) is 4.79 Å². The van der Waals surface area contributed by atoms with Crippen LogP contribution < -0.4 is 37.3 Å². The standard InChI is InChI=1S/C28H38N4O.2C2H3N.2ClHO4.Zn/c1-26(17-29(2)15-16-30(3)18-26)32-21-27(23-11-7-5-8-12-23)19-31(4)20-28(22-32,25(27)33)24-13-9-6-10-14-24;2*1-2-3;2*2-1(3,4)5;/h5-14H,15-22H2,1-4H3;2*1H3;2*(H,2,3,4,5);/q;;;;;+2/p-2/t27-,28+;;;;;. The molecule has 2 aromatic rings. The number of ketones is 1. The molecule has 3 aliphatic heterocycles. The largest absolute Gasteiger partial charge is 2.00 e. The average molecular weight is 793 g/mol. The fourth-order valence-electron chi connectivity index (χ4n) is 6.97. The molecule has 3 saturated heterocycles. The van der Waals surface area contributed by atoms with Crippen LogP contribution in [0.4, 0.5) is 0 Å². The Bertz CT molecular complexity index is 1280. The Labute approximate surface area is 311 Å². The molecule has 2 bridgehead atoms. The van der Waals surface area contributed by atoms with E-state index in [1.165, 1.54) is 13.8 Å². The zero-order valence-corrected chi connectivity index (χ0v) is 33.7. The first-order valence-electron chi connectivity index (χ1n) is 14.9. The number of hydrogen-bond donors (Lipinski definition) is 0. The Balaban J connectivity index is 0.00000120. The van der Waals surface area contributed by atoms with E-state index in [2.05, 4.69) is 108 Å². The van der Waals surface area contributed by atoms with Gasteiger partial charge in [-0.1, -0.05) is 60.7 Å². The fourth-order valence-corrected chi connectivity index (χ4v) is 6.97. The van der Waals surface area contributed by atoms with Crippen LogP contribution in [-0.4, -0.2) is 104 Å². The summed E-state index contributed by atoms with van der Waals surface area (Å²) >= 11 is 0. The number of likely N-dealkylation sites (tertiary alicyclic amines) is 2. The molecule has 3 heterocycles. The van der Waals surface area contributed by atoms with Gasteiger partial charge in [-0.15, -0.1) is 20.5 Å². The number of halogens is 2. The van der Waals surface area contributed by atoms with Crippen LogP contribution in [0.3, 0.4) is 0 Å². The monoisotopic (exact) mass is 790 g/mol. The summed E-state index contributed by atoms with van der Waals surface area (Å²) in [5.74, 6) is 0.403. The van der Waals surface area contributed by atoms with Gasteiger partial charge in [0.25, 0.3) is 0 Å². The van der Waals surface area contributed by atoms with Crippen molar-refractivity contribution in [3.8, 4) is 12.1 Å². The van der Waals surface area contributed by atoms with E-state index in [0.717, 1.165) is 63.5 Å². The van der Waals surface area contributed by atoms with Gasteiger partial charge in [-0.25, -0.2) is 37.3 Å². The van der Waals surface area contributed by atoms with Gasteiger partial charge in [-0.05, 0) is 39.2 Å². The van der Waals surface area contributed by atoms with Crippen LogP contribution in [0, 0.1) is 43.1 Å². The summed E-state index contributed by atoms with van der Waals surface area (Å²) in [4.78, 5) is 24.7. The van der Waals surface area contributed by atoms with Crippen molar-refractivity contribution in [1.82, 2.24) is 19.6 Å². The molecular formula is C32H44Cl2N6O9Zn.